The molecule has 2 amide bonds. The van der Waals surface area contributed by atoms with Crippen LogP contribution in [0, 0.1) is 5.41 Å². The summed E-state index contributed by atoms with van der Waals surface area (Å²) in [6.07, 6.45) is 7.63. The number of carbonyl (C=O) groups excluding carboxylic acids is 2. The molecule has 1 spiro atoms. The van der Waals surface area contributed by atoms with Gasteiger partial charge in [0, 0.05) is 43.5 Å². The Kier molecular flexibility index (Phi) is 7.66. The van der Waals surface area contributed by atoms with Crippen LogP contribution in [0.3, 0.4) is 0 Å². The second-order valence-electron chi connectivity index (χ2n) is 9.28. The highest BCUT2D eigenvalue weighted by molar-refractivity contribution is 6.30. The Balaban J connectivity index is 1.32. The summed E-state index contributed by atoms with van der Waals surface area (Å²) in [7, 11) is 0. The van der Waals surface area contributed by atoms with Gasteiger partial charge in [0.25, 0.3) is 0 Å². The van der Waals surface area contributed by atoms with Gasteiger partial charge in [0.05, 0.1) is 11.5 Å². The fraction of sp³-hybridized carbons (Fsp3) is 0.500. The van der Waals surface area contributed by atoms with Gasteiger partial charge in [-0.2, -0.15) is 0 Å². The number of nitrogens with one attached hydrogen (secondary N) is 1. The van der Waals surface area contributed by atoms with Crippen LogP contribution < -0.4 is 5.32 Å². The molecular formula is C26H33ClN4O2. The van der Waals surface area contributed by atoms with Crippen LogP contribution in [-0.2, 0) is 16.1 Å². The van der Waals surface area contributed by atoms with Crippen molar-refractivity contribution in [3.63, 3.8) is 0 Å². The van der Waals surface area contributed by atoms with Gasteiger partial charge >= 0.3 is 0 Å². The molecule has 2 fully saturated rings. The highest BCUT2D eigenvalue weighted by atomic mass is 35.5. The lowest BCUT2D eigenvalue weighted by atomic mass is 9.77. The minimum absolute atomic E-state index is 0.0443. The number of likely N-dealkylation sites (tertiary alicyclic amines) is 2. The zero-order chi connectivity index (χ0) is 23.3. The molecule has 2 aromatic rings. The number of halogens is 1. The molecule has 1 unspecified atom stereocenters. The van der Waals surface area contributed by atoms with Gasteiger partial charge in [-0.3, -0.25) is 14.6 Å². The largest absolute Gasteiger partial charge is 0.349 e. The molecule has 4 rings (SSSR count). The standard InChI is InChI=1S/C26H33ClN4O2/c1-2-24(32)29-23(21-6-3-7-22(27)17-21)8-13-30-14-9-26(10-15-30)11-16-31(25(26)33)19-20-5-4-12-28-18-20/h3-7,12,17-18,23H,2,8-11,13-16,19H2,1H3,(H,29,32). The van der Waals surface area contributed by atoms with Crippen molar-refractivity contribution < 1.29 is 9.59 Å². The Hall–Kier alpha value is -2.44. The summed E-state index contributed by atoms with van der Waals surface area (Å²) >= 11 is 6.19. The first-order valence-electron chi connectivity index (χ1n) is 11.9. The highest BCUT2D eigenvalue weighted by Gasteiger charge is 2.47. The Bertz CT molecular complexity index is 960. The molecule has 33 heavy (non-hydrogen) atoms. The normalized spacial score (nSPS) is 19.1. The van der Waals surface area contributed by atoms with Crippen LogP contribution >= 0.6 is 11.6 Å². The molecule has 2 saturated heterocycles. The number of rotatable bonds is 8. The first-order chi connectivity index (χ1) is 16.0. The molecule has 1 aromatic carbocycles. The SMILES string of the molecule is CCC(=O)NC(CCN1CCC2(CC1)CCN(Cc1cccnc1)C2=O)c1cccc(Cl)c1. The molecular weight excluding hydrogens is 436 g/mol. The summed E-state index contributed by atoms with van der Waals surface area (Å²) in [5.41, 5.74) is 1.91. The maximum atomic E-state index is 13.3. The second-order valence-corrected chi connectivity index (χ2v) is 9.71. The van der Waals surface area contributed by atoms with Crippen LogP contribution in [0.4, 0.5) is 0 Å². The quantitative estimate of drug-likeness (QED) is 0.630. The van der Waals surface area contributed by atoms with Gasteiger partial charge in [-0.05, 0) is 68.1 Å². The smallest absolute Gasteiger partial charge is 0.229 e. The van der Waals surface area contributed by atoms with Crippen molar-refractivity contribution in [1.29, 1.82) is 0 Å². The number of nitrogens with zero attached hydrogens (tertiary/aromatic N) is 3. The zero-order valence-electron chi connectivity index (χ0n) is 19.3. The van der Waals surface area contributed by atoms with Crippen LogP contribution in [0.1, 0.15) is 56.2 Å². The molecule has 2 aliphatic rings. The number of hydrogen-bond acceptors (Lipinski definition) is 4. The topological polar surface area (TPSA) is 65.5 Å². The average molecular weight is 469 g/mol. The van der Waals surface area contributed by atoms with Gasteiger partial charge in [-0.1, -0.05) is 36.7 Å². The number of benzene rings is 1. The third-order valence-corrected chi connectivity index (χ3v) is 7.39. The van der Waals surface area contributed by atoms with E-state index in [1.54, 1.807) is 6.20 Å². The van der Waals surface area contributed by atoms with E-state index in [1.807, 2.05) is 54.4 Å². The van der Waals surface area contributed by atoms with Crippen molar-refractivity contribution in [2.24, 2.45) is 5.41 Å². The molecule has 0 radical (unpaired) electrons. The number of hydrogen-bond donors (Lipinski definition) is 1. The van der Waals surface area contributed by atoms with Gasteiger partial charge in [0.15, 0.2) is 0 Å². The summed E-state index contributed by atoms with van der Waals surface area (Å²) in [6.45, 7) is 6.05. The summed E-state index contributed by atoms with van der Waals surface area (Å²) < 4.78 is 0. The highest BCUT2D eigenvalue weighted by Crippen LogP contribution is 2.42. The van der Waals surface area contributed by atoms with E-state index in [-0.39, 0.29) is 17.4 Å². The van der Waals surface area contributed by atoms with Gasteiger partial charge in [0.2, 0.25) is 11.8 Å². The summed E-state index contributed by atoms with van der Waals surface area (Å²) in [6, 6.07) is 11.6. The van der Waals surface area contributed by atoms with Crippen LogP contribution in [0.5, 0.6) is 0 Å². The maximum absolute atomic E-state index is 13.3. The second kappa shape index (κ2) is 10.7. The molecule has 176 valence electrons. The molecule has 2 aliphatic heterocycles. The van der Waals surface area contributed by atoms with Crippen molar-refractivity contribution in [3.8, 4) is 0 Å². The average Bonchev–Trinajstić information content (AvgIpc) is 3.13. The van der Waals surface area contributed by atoms with Gasteiger partial charge in [-0.25, -0.2) is 0 Å². The minimum atomic E-state index is -0.207. The van der Waals surface area contributed by atoms with Crippen LogP contribution in [0.25, 0.3) is 0 Å². The van der Waals surface area contributed by atoms with E-state index in [0.29, 0.717) is 23.9 Å². The summed E-state index contributed by atoms with van der Waals surface area (Å²) in [4.78, 5) is 34.0. The fourth-order valence-electron chi connectivity index (χ4n) is 5.08. The number of pyridine rings is 1. The molecule has 1 aromatic heterocycles. The van der Waals surface area contributed by atoms with Crippen LogP contribution in [-0.4, -0.2) is 52.8 Å². The van der Waals surface area contributed by atoms with Gasteiger partial charge < -0.3 is 15.1 Å². The van der Waals surface area contributed by atoms with E-state index in [1.165, 1.54) is 0 Å². The monoisotopic (exact) mass is 468 g/mol. The van der Waals surface area contributed by atoms with E-state index in [0.717, 1.165) is 63.0 Å². The molecule has 1 N–H and O–H groups in total. The Morgan fingerprint density at radius 1 is 1.18 bits per heavy atom. The summed E-state index contributed by atoms with van der Waals surface area (Å²) in [5, 5.41) is 3.82. The molecule has 6 nitrogen and oxygen atoms in total. The first-order valence-corrected chi connectivity index (χ1v) is 12.3. The van der Waals surface area contributed by atoms with Crippen molar-refractivity contribution >= 4 is 23.4 Å². The molecule has 1 atom stereocenters. The van der Waals surface area contributed by atoms with Crippen molar-refractivity contribution in [1.82, 2.24) is 20.1 Å². The van der Waals surface area contributed by atoms with Gasteiger partial charge in [-0.15, -0.1) is 0 Å². The number of amides is 2. The van der Waals surface area contributed by atoms with E-state index >= 15 is 0 Å². The number of carbonyl (C=O) groups is 2. The molecule has 7 heteroatoms. The Morgan fingerprint density at radius 2 is 1.97 bits per heavy atom. The van der Waals surface area contributed by atoms with Crippen LogP contribution in [0.15, 0.2) is 48.8 Å². The van der Waals surface area contributed by atoms with E-state index < -0.39 is 0 Å². The number of piperidine rings is 1. The fourth-order valence-corrected chi connectivity index (χ4v) is 5.28. The zero-order valence-corrected chi connectivity index (χ0v) is 20.1. The molecule has 0 saturated carbocycles. The molecule has 3 heterocycles. The number of aromatic nitrogens is 1. The predicted molar refractivity (Wildman–Crippen MR) is 130 cm³/mol. The third kappa shape index (κ3) is 5.74. The maximum Gasteiger partial charge on any atom is 0.229 e. The lowest BCUT2D eigenvalue weighted by Crippen LogP contribution is -2.45. The van der Waals surface area contributed by atoms with Crippen molar-refractivity contribution in [2.75, 3.05) is 26.2 Å². The van der Waals surface area contributed by atoms with Gasteiger partial charge in [0.1, 0.15) is 0 Å². The molecule has 0 bridgehead atoms. The Morgan fingerprint density at radius 3 is 2.67 bits per heavy atom. The van der Waals surface area contributed by atoms with Crippen LogP contribution in [0.2, 0.25) is 5.02 Å². The predicted octanol–water partition coefficient (Wildman–Crippen LogP) is 4.21. The lowest BCUT2D eigenvalue weighted by Gasteiger charge is -2.38. The van der Waals surface area contributed by atoms with E-state index in [2.05, 4.69) is 15.2 Å². The van der Waals surface area contributed by atoms with Crippen molar-refractivity contribution in [3.05, 3.63) is 64.9 Å². The van der Waals surface area contributed by atoms with Crippen molar-refractivity contribution in [2.45, 2.75) is 51.6 Å². The molecule has 0 aliphatic carbocycles. The first kappa shape index (κ1) is 23.7. The third-order valence-electron chi connectivity index (χ3n) is 7.15. The van der Waals surface area contributed by atoms with E-state index in [4.69, 9.17) is 11.6 Å². The lowest BCUT2D eigenvalue weighted by molar-refractivity contribution is -0.139. The Labute approximate surface area is 201 Å². The summed E-state index contributed by atoms with van der Waals surface area (Å²) in [5.74, 6) is 0.348. The minimum Gasteiger partial charge on any atom is -0.349 e. The van der Waals surface area contributed by atoms with E-state index in [9.17, 15) is 9.59 Å².